The standard InChI is InChI=1S/C21H13Cl2N2/c22-17-12-16(14-24)18(20(23)13-17)10-11-25-21-9-5-4-8-19(21)15-6-2-1-3-7-15/h1-11,13,25H. The number of hydrogen-bond acceptors (Lipinski definition) is 2. The summed E-state index contributed by atoms with van der Waals surface area (Å²) >= 11 is 12.1. The van der Waals surface area contributed by atoms with E-state index in [0.29, 0.717) is 21.2 Å². The first-order valence-corrected chi connectivity index (χ1v) is 8.33. The Hall–Kier alpha value is -2.73. The second-order valence-corrected chi connectivity index (χ2v) is 6.07. The predicted octanol–water partition coefficient (Wildman–Crippen LogP) is 6.42. The Kier molecular flexibility index (Phi) is 5.40. The number of hydrogen-bond donors (Lipinski definition) is 1. The Labute approximate surface area is 156 Å². The molecule has 1 N–H and O–H groups in total. The molecule has 0 aliphatic rings. The highest BCUT2D eigenvalue weighted by Gasteiger charge is 2.07. The largest absolute Gasteiger partial charge is 0.361 e. The number of nitrogens with zero attached hydrogens (tertiary/aromatic N) is 1. The molecule has 0 spiro atoms. The van der Waals surface area contributed by atoms with Crippen LogP contribution in [0.25, 0.3) is 17.2 Å². The maximum Gasteiger partial charge on any atom is 0.101 e. The maximum absolute atomic E-state index is 9.22. The van der Waals surface area contributed by atoms with Crippen LogP contribution in [0.4, 0.5) is 5.69 Å². The fraction of sp³-hybridized carbons (Fsp3) is 0. The van der Waals surface area contributed by atoms with Gasteiger partial charge >= 0.3 is 0 Å². The van der Waals surface area contributed by atoms with Crippen LogP contribution in [0, 0.1) is 17.4 Å². The van der Waals surface area contributed by atoms with E-state index in [9.17, 15) is 5.26 Å². The minimum absolute atomic E-state index is 0.312. The summed E-state index contributed by atoms with van der Waals surface area (Å²) in [6.45, 7) is 0. The van der Waals surface area contributed by atoms with Crippen molar-refractivity contribution in [2.45, 2.75) is 0 Å². The van der Waals surface area contributed by atoms with E-state index < -0.39 is 0 Å². The molecule has 0 unspecified atom stereocenters. The summed E-state index contributed by atoms with van der Waals surface area (Å²) in [6.07, 6.45) is 3.50. The zero-order valence-electron chi connectivity index (χ0n) is 13.1. The molecule has 121 valence electrons. The molecule has 0 saturated heterocycles. The van der Waals surface area contributed by atoms with E-state index in [1.165, 1.54) is 0 Å². The van der Waals surface area contributed by atoms with Gasteiger partial charge < -0.3 is 5.32 Å². The highest BCUT2D eigenvalue weighted by molar-refractivity contribution is 6.35. The van der Waals surface area contributed by atoms with Gasteiger partial charge in [-0.2, -0.15) is 5.26 Å². The lowest BCUT2D eigenvalue weighted by Gasteiger charge is -2.09. The van der Waals surface area contributed by atoms with Gasteiger partial charge in [-0.05, 0) is 23.8 Å². The third-order valence-electron chi connectivity index (χ3n) is 3.64. The van der Waals surface area contributed by atoms with Crippen LogP contribution in [-0.4, -0.2) is 0 Å². The molecular weight excluding hydrogens is 351 g/mol. The molecule has 3 aromatic carbocycles. The number of nitriles is 1. The molecule has 0 bridgehead atoms. The van der Waals surface area contributed by atoms with Gasteiger partial charge in [0.25, 0.3) is 0 Å². The molecule has 3 rings (SSSR count). The lowest BCUT2D eigenvalue weighted by atomic mass is 10.0. The predicted molar refractivity (Wildman–Crippen MR) is 105 cm³/mol. The molecule has 0 amide bonds. The van der Waals surface area contributed by atoms with Crippen LogP contribution in [0.1, 0.15) is 11.1 Å². The molecule has 0 heterocycles. The van der Waals surface area contributed by atoms with Crippen molar-refractivity contribution in [2.75, 3.05) is 5.32 Å². The highest BCUT2D eigenvalue weighted by Crippen LogP contribution is 2.29. The summed E-state index contributed by atoms with van der Waals surface area (Å²) < 4.78 is 0. The number of nitrogens with one attached hydrogen (secondary N) is 1. The topological polar surface area (TPSA) is 35.8 Å². The van der Waals surface area contributed by atoms with Crippen molar-refractivity contribution in [2.24, 2.45) is 0 Å². The Morgan fingerprint density at radius 3 is 2.48 bits per heavy atom. The zero-order chi connectivity index (χ0) is 17.6. The van der Waals surface area contributed by atoms with Crippen LogP contribution < -0.4 is 5.32 Å². The molecule has 3 aromatic rings. The Bertz CT molecular complexity index is 957. The van der Waals surface area contributed by atoms with Crippen LogP contribution >= 0.6 is 23.2 Å². The average Bonchev–Trinajstić information content (AvgIpc) is 2.64. The fourth-order valence-electron chi connectivity index (χ4n) is 2.48. The molecule has 4 heteroatoms. The second kappa shape index (κ2) is 7.90. The molecule has 0 fully saturated rings. The lowest BCUT2D eigenvalue weighted by Crippen LogP contribution is -1.92. The summed E-state index contributed by atoms with van der Waals surface area (Å²) in [5.74, 6) is 0. The molecule has 25 heavy (non-hydrogen) atoms. The Balaban J connectivity index is 1.89. The van der Waals surface area contributed by atoms with Crippen molar-refractivity contribution in [1.29, 1.82) is 5.26 Å². The first-order valence-electron chi connectivity index (χ1n) is 7.58. The molecule has 0 aliphatic heterocycles. The molecule has 0 aliphatic carbocycles. The fourth-order valence-corrected chi connectivity index (χ4v) is 3.00. The Morgan fingerprint density at radius 1 is 1.00 bits per heavy atom. The monoisotopic (exact) mass is 363 g/mol. The van der Waals surface area contributed by atoms with E-state index in [4.69, 9.17) is 23.2 Å². The lowest BCUT2D eigenvalue weighted by molar-refractivity contribution is 1.46. The van der Waals surface area contributed by atoms with E-state index in [2.05, 4.69) is 35.7 Å². The normalized spacial score (nSPS) is 10.6. The van der Waals surface area contributed by atoms with Gasteiger partial charge in [-0.3, -0.25) is 0 Å². The van der Waals surface area contributed by atoms with E-state index in [1.54, 1.807) is 18.3 Å². The number of rotatable bonds is 4. The van der Waals surface area contributed by atoms with E-state index in [0.717, 1.165) is 16.8 Å². The molecule has 0 atom stereocenters. The number of benzene rings is 3. The van der Waals surface area contributed by atoms with Gasteiger partial charge in [-0.25, -0.2) is 0 Å². The maximum atomic E-state index is 9.22. The quantitative estimate of drug-likeness (QED) is 0.580. The molecule has 0 aromatic heterocycles. The van der Waals surface area contributed by atoms with Gasteiger partial charge in [0.15, 0.2) is 0 Å². The van der Waals surface area contributed by atoms with Gasteiger partial charge in [-0.15, -0.1) is 0 Å². The third kappa shape index (κ3) is 4.03. The van der Waals surface area contributed by atoms with Crippen molar-refractivity contribution in [3.63, 3.8) is 0 Å². The van der Waals surface area contributed by atoms with Crippen LogP contribution in [0.15, 0.2) is 66.9 Å². The minimum Gasteiger partial charge on any atom is -0.361 e. The summed E-state index contributed by atoms with van der Waals surface area (Å²) in [5, 5.41) is 13.2. The molecule has 1 radical (unpaired) electrons. The average molecular weight is 364 g/mol. The van der Waals surface area contributed by atoms with Crippen molar-refractivity contribution < 1.29 is 0 Å². The van der Waals surface area contributed by atoms with Gasteiger partial charge in [-0.1, -0.05) is 71.7 Å². The van der Waals surface area contributed by atoms with Gasteiger partial charge in [0.2, 0.25) is 0 Å². The van der Waals surface area contributed by atoms with Crippen molar-refractivity contribution in [3.05, 3.63) is 94.1 Å². The van der Waals surface area contributed by atoms with E-state index >= 15 is 0 Å². The van der Waals surface area contributed by atoms with Gasteiger partial charge in [0.1, 0.15) is 6.07 Å². The summed E-state index contributed by atoms with van der Waals surface area (Å²) in [7, 11) is 0. The van der Waals surface area contributed by atoms with Crippen molar-refractivity contribution in [3.8, 4) is 17.2 Å². The minimum atomic E-state index is 0.312. The zero-order valence-corrected chi connectivity index (χ0v) is 14.6. The number of anilines is 1. The highest BCUT2D eigenvalue weighted by atomic mass is 35.5. The van der Waals surface area contributed by atoms with Crippen molar-refractivity contribution in [1.82, 2.24) is 0 Å². The van der Waals surface area contributed by atoms with Crippen LogP contribution in [-0.2, 0) is 0 Å². The summed E-state index contributed by atoms with van der Waals surface area (Å²) in [6, 6.07) is 24.5. The molecular formula is C21H13Cl2N2. The SMILES string of the molecule is N#Cc1[c]c(Cl)cc(Cl)c1C=CNc1ccccc1-c1ccccc1. The third-order valence-corrected chi connectivity index (χ3v) is 4.15. The molecule has 2 nitrogen and oxygen atoms in total. The Morgan fingerprint density at radius 2 is 1.72 bits per heavy atom. The van der Waals surface area contributed by atoms with Gasteiger partial charge in [0.05, 0.1) is 15.6 Å². The first-order chi connectivity index (χ1) is 12.2. The van der Waals surface area contributed by atoms with Gasteiger partial charge in [0, 0.05) is 29.1 Å². The number of para-hydroxylation sites is 1. The van der Waals surface area contributed by atoms with Crippen LogP contribution in [0.3, 0.4) is 0 Å². The van der Waals surface area contributed by atoms with Crippen LogP contribution in [0.5, 0.6) is 0 Å². The molecule has 0 saturated carbocycles. The second-order valence-electron chi connectivity index (χ2n) is 5.25. The van der Waals surface area contributed by atoms with E-state index in [-0.39, 0.29) is 0 Å². The smallest absolute Gasteiger partial charge is 0.101 e. The van der Waals surface area contributed by atoms with Crippen LogP contribution in [0.2, 0.25) is 10.0 Å². The van der Waals surface area contributed by atoms with Crippen molar-refractivity contribution >= 4 is 35.0 Å². The summed E-state index contributed by atoms with van der Waals surface area (Å²) in [4.78, 5) is 0. The summed E-state index contributed by atoms with van der Waals surface area (Å²) in [5.41, 5.74) is 4.05. The number of halogens is 2. The van der Waals surface area contributed by atoms with E-state index in [1.807, 2.05) is 36.4 Å². The first kappa shape index (κ1) is 17.1.